The van der Waals surface area contributed by atoms with Crippen LogP contribution in [0.3, 0.4) is 0 Å². The number of rotatable bonds is 3. The number of amides is 1. The summed E-state index contributed by atoms with van der Waals surface area (Å²) in [5.74, 6) is -0.0844. The standard InChI is InChI=1S/C15H19N3OS/c1-15(2,3)10-4-6-11(7-5-10)17-13(19)8-12-9-20-14(16)18-12/h4-7,9H,8H2,1-3H3,(H2,16,18)(H,17,19). The second-order valence-electron chi connectivity index (χ2n) is 5.73. The Morgan fingerprint density at radius 1 is 1.30 bits per heavy atom. The summed E-state index contributed by atoms with van der Waals surface area (Å²) >= 11 is 1.34. The molecule has 2 aromatic rings. The first-order chi connectivity index (χ1) is 9.34. The number of thiazole rings is 1. The summed E-state index contributed by atoms with van der Waals surface area (Å²) in [6, 6.07) is 7.93. The van der Waals surface area contributed by atoms with Crippen LogP contribution in [0.25, 0.3) is 0 Å². The van der Waals surface area contributed by atoms with Gasteiger partial charge in [0.2, 0.25) is 5.91 Å². The molecule has 0 spiro atoms. The molecule has 0 aliphatic carbocycles. The average molecular weight is 289 g/mol. The molecule has 0 unspecified atom stereocenters. The second kappa shape index (κ2) is 5.63. The van der Waals surface area contributed by atoms with E-state index in [1.807, 2.05) is 24.3 Å². The molecule has 0 aliphatic rings. The molecule has 1 amide bonds. The lowest BCUT2D eigenvalue weighted by Gasteiger charge is -2.19. The van der Waals surface area contributed by atoms with E-state index in [-0.39, 0.29) is 17.7 Å². The van der Waals surface area contributed by atoms with Gasteiger partial charge >= 0.3 is 0 Å². The molecule has 4 nitrogen and oxygen atoms in total. The van der Waals surface area contributed by atoms with Gasteiger partial charge in [-0.1, -0.05) is 32.9 Å². The molecule has 0 fully saturated rings. The second-order valence-corrected chi connectivity index (χ2v) is 6.62. The van der Waals surface area contributed by atoms with E-state index >= 15 is 0 Å². The molecule has 0 saturated heterocycles. The summed E-state index contributed by atoms with van der Waals surface area (Å²) in [5.41, 5.74) is 8.39. The third kappa shape index (κ3) is 3.81. The number of benzene rings is 1. The molecule has 1 aromatic carbocycles. The van der Waals surface area contributed by atoms with Gasteiger partial charge in [-0.05, 0) is 23.1 Å². The minimum atomic E-state index is -0.0844. The molecule has 3 N–H and O–H groups in total. The van der Waals surface area contributed by atoms with Crippen molar-refractivity contribution in [2.24, 2.45) is 0 Å². The van der Waals surface area contributed by atoms with Gasteiger partial charge in [0.25, 0.3) is 0 Å². The number of hydrogen-bond acceptors (Lipinski definition) is 4. The van der Waals surface area contributed by atoms with Gasteiger partial charge in [0.05, 0.1) is 12.1 Å². The Kier molecular flexibility index (Phi) is 4.09. The Labute approximate surface area is 123 Å². The fraction of sp³-hybridized carbons (Fsp3) is 0.333. The summed E-state index contributed by atoms with van der Waals surface area (Å²) in [7, 11) is 0. The number of nitrogens with one attached hydrogen (secondary N) is 1. The van der Waals surface area contributed by atoms with Crippen LogP contribution < -0.4 is 11.1 Å². The third-order valence-corrected chi connectivity index (χ3v) is 3.67. The number of carbonyl (C=O) groups excluding carboxylic acids is 1. The summed E-state index contributed by atoms with van der Waals surface area (Å²) in [4.78, 5) is 16.0. The highest BCUT2D eigenvalue weighted by Crippen LogP contribution is 2.23. The fourth-order valence-corrected chi connectivity index (χ4v) is 2.39. The molecular formula is C15H19N3OS. The minimum absolute atomic E-state index is 0.0844. The van der Waals surface area contributed by atoms with E-state index in [2.05, 4.69) is 31.1 Å². The van der Waals surface area contributed by atoms with Gasteiger partial charge in [0.1, 0.15) is 0 Å². The Bertz CT molecular complexity index is 596. The van der Waals surface area contributed by atoms with Gasteiger partial charge in [-0.15, -0.1) is 11.3 Å². The normalized spacial score (nSPS) is 11.3. The number of aromatic nitrogens is 1. The highest BCUT2D eigenvalue weighted by molar-refractivity contribution is 7.13. The lowest BCUT2D eigenvalue weighted by atomic mass is 9.87. The molecule has 1 aromatic heterocycles. The van der Waals surface area contributed by atoms with Crippen LogP contribution in [-0.2, 0) is 16.6 Å². The molecule has 0 saturated carbocycles. The fourth-order valence-electron chi connectivity index (χ4n) is 1.83. The molecular weight excluding hydrogens is 270 g/mol. The van der Waals surface area contributed by atoms with Crippen molar-refractivity contribution in [1.82, 2.24) is 4.98 Å². The number of anilines is 2. The Balaban J connectivity index is 1.98. The molecule has 5 heteroatoms. The minimum Gasteiger partial charge on any atom is -0.375 e. The number of carbonyl (C=O) groups is 1. The molecule has 20 heavy (non-hydrogen) atoms. The van der Waals surface area contributed by atoms with Crippen molar-refractivity contribution in [3.05, 3.63) is 40.9 Å². The van der Waals surface area contributed by atoms with Crippen LogP contribution in [0.2, 0.25) is 0 Å². The van der Waals surface area contributed by atoms with Gasteiger partial charge in [-0.25, -0.2) is 4.98 Å². The highest BCUT2D eigenvalue weighted by atomic mass is 32.1. The van der Waals surface area contributed by atoms with E-state index in [4.69, 9.17) is 5.73 Å². The molecule has 0 aliphatic heterocycles. The van der Waals surface area contributed by atoms with Crippen molar-refractivity contribution in [2.45, 2.75) is 32.6 Å². The predicted octanol–water partition coefficient (Wildman–Crippen LogP) is 3.20. The summed E-state index contributed by atoms with van der Waals surface area (Å²) < 4.78 is 0. The van der Waals surface area contributed by atoms with Crippen LogP contribution in [0.5, 0.6) is 0 Å². The molecule has 2 rings (SSSR count). The van der Waals surface area contributed by atoms with Crippen molar-refractivity contribution < 1.29 is 4.79 Å². The SMILES string of the molecule is CC(C)(C)c1ccc(NC(=O)Cc2csc(N)n2)cc1. The van der Waals surface area contributed by atoms with Gasteiger partial charge < -0.3 is 11.1 Å². The van der Waals surface area contributed by atoms with Crippen LogP contribution in [0.15, 0.2) is 29.6 Å². The largest absolute Gasteiger partial charge is 0.375 e. The Morgan fingerprint density at radius 2 is 1.95 bits per heavy atom. The van der Waals surface area contributed by atoms with Crippen molar-refractivity contribution in [3.63, 3.8) is 0 Å². The lowest BCUT2D eigenvalue weighted by Crippen LogP contribution is -2.15. The first-order valence-corrected chi connectivity index (χ1v) is 7.33. The van der Waals surface area contributed by atoms with E-state index < -0.39 is 0 Å². The van der Waals surface area contributed by atoms with Gasteiger partial charge in [-0.2, -0.15) is 0 Å². The third-order valence-electron chi connectivity index (χ3n) is 2.95. The van der Waals surface area contributed by atoms with Gasteiger partial charge in [0, 0.05) is 11.1 Å². The molecule has 0 bridgehead atoms. The van der Waals surface area contributed by atoms with Crippen molar-refractivity contribution >= 4 is 28.1 Å². The Morgan fingerprint density at radius 3 is 2.45 bits per heavy atom. The maximum Gasteiger partial charge on any atom is 0.230 e. The summed E-state index contributed by atoms with van der Waals surface area (Å²) in [6.07, 6.45) is 0.245. The van der Waals surface area contributed by atoms with Crippen LogP contribution in [0.4, 0.5) is 10.8 Å². The quantitative estimate of drug-likeness (QED) is 0.911. The topological polar surface area (TPSA) is 68.0 Å². The first kappa shape index (κ1) is 14.5. The smallest absolute Gasteiger partial charge is 0.230 e. The molecule has 106 valence electrons. The maximum atomic E-state index is 11.9. The number of nitrogens with two attached hydrogens (primary N) is 1. The number of nitrogen functional groups attached to an aromatic ring is 1. The molecule has 1 heterocycles. The van der Waals surface area contributed by atoms with Crippen molar-refractivity contribution in [3.8, 4) is 0 Å². The van der Waals surface area contributed by atoms with Gasteiger partial charge in [-0.3, -0.25) is 4.79 Å². The molecule has 0 atom stereocenters. The number of hydrogen-bond donors (Lipinski definition) is 2. The lowest BCUT2D eigenvalue weighted by molar-refractivity contribution is -0.115. The van der Waals surface area contributed by atoms with Crippen molar-refractivity contribution in [2.75, 3.05) is 11.1 Å². The van der Waals surface area contributed by atoms with E-state index in [9.17, 15) is 4.79 Å². The molecule has 0 radical (unpaired) electrons. The zero-order chi connectivity index (χ0) is 14.8. The van der Waals surface area contributed by atoms with E-state index in [1.54, 1.807) is 5.38 Å². The predicted molar refractivity (Wildman–Crippen MR) is 84.0 cm³/mol. The zero-order valence-corrected chi connectivity index (χ0v) is 12.8. The number of nitrogens with zero attached hydrogens (tertiary/aromatic N) is 1. The van der Waals surface area contributed by atoms with Gasteiger partial charge in [0.15, 0.2) is 5.13 Å². The van der Waals surface area contributed by atoms with E-state index in [0.29, 0.717) is 10.8 Å². The first-order valence-electron chi connectivity index (χ1n) is 6.45. The van der Waals surface area contributed by atoms with Crippen LogP contribution in [-0.4, -0.2) is 10.9 Å². The average Bonchev–Trinajstić information content (AvgIpc) is 2.74. The van der Waals surface area contributed by atoms with Crippen LogP contribution in [0, 0.1) is 0 Å². The van der Waals surface area contributed by atoms with Crippen molar-refractivity contribution in [1.29, 1.82) is 0 Å². The van der Waals surface area contributed by atoms with Crippen LogP contribution in [0.1, 0.15) is 32.0 Å². The van der Waals surface area contributed by atoms with Crippen LogP contribution >= 0.6 is 11.3 Å². The summed E-state index contributed by atoms with van der Waals surface area (Å²) in [5, 5.41) is 5.15. The Hall–Kier alpha value is -1.88. The van der Waals surface area contributed by atoms with E-state index in [1.165, 1.54) is 16.9 Å². The summed E-state index contributed by atoms with van der Waals surface area (Å²) in [6.45, 7) is 6.48. The monoisotopic (exact) mass is 289 g/mol. The maximum absolute atomic E-state index is 11.9. The zero-order valence-electron chi connectivity index (χ0n) is 11.9. The highest BCUT2D eigenvalue weighted by Gasteiger charge is 2.13. The van der Waals surface area contributed by atoms with E-state index in [0.717, 1.165) is 5.69 Å².